The molecule has 4 nitrogen and oxygen atoms in total. The Morgan fingerprint density at radius 2 is 1.85 bits per heavy atom. The number of nitrogens with one attached hydrogen (secondary N) is 1. The zero-order valence-electron chi connectivity index (χ0n) is 14.9. The molecular weight excluding hydrogens is 416 g/mol. The van der Waals surface area contributed by atoms with E-state index in [1.54, 1.807) is 11.0 Å². The van der Waals surface area contributed by atoms with Crippen molar-refractivity contribution in [3.05, 3.63) is 56.5 Å². The number of benzene rings is 2. The summed E-state index contributed by atoms with van der Waals surface area (Å²) >= 11 is 9.50. The second-order valence-electron chi connectivity index (χ2n) is 6.72. The van der Waals surface area contributed by atoms with Crippen molar-refractivity contribution in [1.82, 2.24) is 0 Å². The first kappa shape index (κ1) is 18.9. The molecule has 1 aliphatic heterocycles. The third kappa shape index (κ3) is 3.64. The van der Waals surface area contributed by atoms with Crippen LogP contribution in [0.25, 0.3) is 0 Å². The van der Waals surface area contributed by atoms with Crippen LogP contribution in [0.15, 0.2) is 34.8 Å². The predicted octanol–water partition coefficient (Wildman–Crippen LogP) is 5.02. The molecule has 1 saturated heterocycles. The van der Waals surface area contributed by atoms with Crippen molar-refractivity contribution >= 4 is 50.7 Å². The molecule has 0 radical (unpaired) electrons. The maximum absolute atomic E-state index is 12.7. The first-order chi connectivity index (χ1) is 12.3. The molecule has 1 atom stereocenters. The summed E-state index contributed by atoms with van der Waals surface area (Å²) in [6, 6.07) is 9.52. The summed E-state index contributed by atoms with van der Waals surface area (Å²) in [6.07, 6.45) is 0.211. The Morgan fingerprint density at radius 1 is 1.19 bits per heavy atom. The number of para-hydroxylation sites is 1. The Balaban J connectivity index is 1.79. The molecule has 136 valence electrons. The molecule has 1 fully saturated rings. The smallest absolute Gasteiger partial charge is 0.229 e. The molecule has 0 saturated carbocycles. The predicted molar refractivity (Wildman–Crippen MR) is 109 cm³/mol. The number of carbonyl (C=O) groups excluding carboxylic acids is 2. The van der Waals surface area contributed by atoms with Crippen LogP contribution in [0, 0.1) is 26.7 Å². The molecule has 2 aromatic carbocycles. The van der Waals surface area contributed by atoms with Crippen molar-refractivity contribution in [2.24, 2.45) is 5.92 Å². The highest BCUT2D eigenvalue weighted by Gasteiger charge is 2.36. The second-order valence-corrected chi connectivity index (χ2v) is 7.98. The van der Waals surface area contributed by atoms with Gasteiger partial charge in [0.15, 0.2) is 0 Å². The lowest BCUT2D eigenvalue weighted by atomic mass is 10.1. The van der Waals surface area contributed by atoms with Crippen LogP contribution < -0.4 is 10.2 Å². The Hall–Kier alpha value is -1.85. The van der Waals surface area contributed by atoms with Gasteiger partial charge < -0.3 is 10.2 Å². The van der Waals surface area contributed by atoms with Crippen molar-refractivity contribution in [1.29, 1.82) is 0 Å². The number of carbonyl (C=O) groups is 2. The molecule has 2 aromatic rings. The van der Waals surface area contributed by atoms with Crippen molar-refractivity contribution < 1.29 is 9.59 Å². The van der Waals surface area contributed by atoms with Crippen LogP contribution in [0.2, 0.25) is 5.02 Å². The van der Waals surface area contributed by atoms with E-state index in [1.807, 2.05) is 45.0 Å². The fourth-order valence-corrected chi connectivity index (χ4v) is 3.97. The molecule has 3 rings (SSSR count). The summed E-state index contributed by atoms with van der Waals surface area (Å²) < 4.78 is 0.784. The molecular formula is C20H20BrClN2O2. The monoisotopic (exact) mass is 434 g/mol. The Labute approximate surface area is 166 Å². The summed E-state index contributed by atoms with van der Waals surface area (Å²) in [4.78, 5) is 27.0. The third-order valence-corrected chi connectivity index (χ3v) is 5.93. The number of aryl methyl sites for hydroxylation is 3. The molecule has 26 heavy (non-hydrogen) atoms. The highest BCUT2D eigenvalue weighted by molar-refractivity contribution is 9.10. The van der Waals surface area contributed by atoms with Gasteiger partial charge in [0, 0.05) is 28.8 Å². The maximum atomic E-state index is 12.7. The molecule has 0 unspecified atom stereocenters. The molecule has 0 aromatic heterocycles. The second kappa shape index (κ2) is 7.41. The number of anilines is 2. The Morgan fingerprint density at radius 3 is 2.50 bits per heavy atom. The van der Waals surface area contributed by atoms with E-state index in [4.69, 9.17) is 11.6 Å². The van der Waals surface area contributed by atoms with Gasteiger partial charge in [-0.2, -0.15) is 0 Å². The summed E-state index contributed by atoms with van der Waals surface area (Å²) in [5.74, 6) is -0.565. The van der Waals surface area contributed by atoms with E-state index >= 15 is 0 Å². The lowest BCUT2D eigenvalue weighted by molar-refractivity contribution is -0.122. The van der Waals surface area contributed by atoms with E-state index in [0.717, 1.165) is 26.9 Å². The number of nitrogens with zero attached hydrogens (tertiary/aromatic N) is 1. The van der Waals surface area contributed by atoms with E-state index in [9.17, 15) is 9.59 Å². The third-order valence-electron chi connectivity index (χ3n) is 4.73. The molecule has 1 aliphatic rings. The van der Waals surface area contributed by atoms with E-state index in [0.29, 0.717) is 17.3 Å². The summed E-state index contributed by atoms with van der Waals surface area (Å²) in [5.41, 5.74) is 4.56. The van der Waals surface area contributed by atoms with Crippen LogP contribution in [0.4, 0.5) is 11.4 Å². The summed E-state index contributed by atoms with van der Waals surface area (Å²) in [7, 11) is 0. The molecule has 2 amide bonds. The number of hydrogen-bond donors (Lipinski definition) is 1. The highest BCUT2D eigenvalue weighted by atomic mass is 79.9. The highest BCUT2D eigenvalue weighted by Crippen LogP contribution is 2.33. The fraction of sp³-hybridized carbons (Fsp3) is 0.300. The van der Waals surface area contributed by atoms with Gasteiger partial charge in [0.05, 0.1) is 10.9 Å². The van der Waals surface area contributed by atoms with Gasteiger partial charge >= 0.3 is 0 Å². The molecule has 6 heteroatoms. The number of halogens is 2. The minimum absolute atomic E-state index is 0.0203. The van der Waals surface area contributed by atoms with Gasteiger partial charge in [-0.15, -0.1) is 0 Å². The minimum Gasteiger partial charge on any atom is -0.325 e. The first-order valence-electron chi connectivity index (χ1n) is 8.41. The van der Waals surface area contributed by atoms with Crippen LogP contribution in [0.1, 0.15) is 23.1 Å². The average Bonchev–Trinajstić information content (AvgIpc) is 2.94. The SMILES string of the molecule is Cc1cc(Br)c(Cl)cc1NC(=O)[C@H]1CC(=O)N(c2c(C)cccc2C)C1. The number of hydrogen-bond acceptors (Lipinski definition) is 2. The quantitative estimate of drug-likeness (QED) is 0.736. The largest absolute Gasteiger partial charge is 0.325 e. The summed E-state index contributed by atoms with van der Waals surface area (Å²) in [6.45, 7) is 6.26. The maximum Gasteiger partial charge on any atom is 0.229 e. The van der Waals surface area contributed by atoms with Crippen molar-refractivity contribution in [3.63, 3.8) is 0 Å². The summed E-state index contributed by atoms with van der Waals surface area (Å²) in [5, 5.41) is 3.45. The molecule has 0 aliphatic carbocycles. The standard InChI is InChI=1S/C20H20BrClN2O2/c1-11-5-4-6-12(2)19(11)24-10-14(8-18(24)25)20(26)23-17-9-16(22)15(21)7-13(17)3/h4-7,9,14H,8,10H2,1-3H3,(H,23,26)/t14-/m0/s1. The van der Waals surface area contributed by atoms with Crippen molar-refractivity contribution in [3.8, 4) is 0 Å². The topological polar surface area (TPSA) is 49.4 Å². The van der Waals surface area contributed by atoms with Crippen molar-refractivity contribution in [2.45, 2.75) is 27.2 Å². The van der Waals surface area contributed by atoms with E-state index in [2.05, 4.69) is 21.2 Å². The fourth-order valence-electron chi connectivity index (χ4n) is 3.35. The van der Waals surface area contributed by atoms with Crippen LogP contribution in [0.5, 0.6) is 0 Å². The molecule has 1 N–H and O–H groups in total. The zero-order valence-corrected chi connectivity index (χ0v) is 17.2. The van der Waals surface area contributed by atoms with Gasteiger partial charge in [0.25, 0.3) is 0 Å². The lowest BCUT2D eigenvalue weighted by Gasteiger charge is -2.21. The van der Waals surface area contributed by atoms with Crippen LogP contribution in [-0.2, 0) is 9.59 Å². The zero-order chi connectivity index (χ0) is 19.0. The minimum atomic E-state index is -0.386. The van der Waals surface area contributed by atoms with E-state index in [1.165, 1.54) is 0 Å². The first-order valence-corrected chi connectivity index (χ1v) is 9.58. The van der Waals surface area contributed by atoms with E-state index < -0.39 is 0 Å². The molecule has 1 heterocycles. The average molecular weight is 436 g/mol. The Kier molecular flexibility index (Phi) is 5.39. The molecule has 0 bridgehead atoms. The van der Waals surface area contributed by atoms with Crippen LogP contribution in [-0.4, -0.2) is 18.4 Å². The van der Waals surface area contributed by atoms with Gasteiger partial charge in [-0.05, 0) is 65.5 Å². The van der Waals surface area contributed by atoms with E-state index in [-0.39, 0.29) is 24.2 Å². The number of amides is 2. The van der Waals surface area contributed by atoms with Gasteiger partial charge in [0.1, 0.15) is 0 Å². The van der Waals surface area contributed by atoms with Gasteiger partial charge in [-0.25, -0.2) is 0 Å². The normalized spacial score (nSPS) is 16.9. The number of rotatable bonds is 3. The lowest BCUT2D eigenvalue weighted by Crippen LogP contribution is -2.29. The van der Waals surface area contributed by atoms with Crippen LogP contribution >= 0.6 is 27.5 Å². The Bertz CT molecular complexity index is 877. The van der Waals surface area contributed by atoms with Crippen molar-refractivity contribution in [2.75, 3.05) is 16.8 Å². The van der Waals surface area contributed by atoms with Gasteiger partial charge in [-0.3, -0.25) is 9.59 Å². The van der Waals surface area contributed by atoms with Gasteiger partial charge in [0.2, 0.25) is 11.8 Å². The van der Waals surface area contributed by atoms with Crippen LogP contribution in [0.3, 0.4) is 0 Å². The molecule has 0 spiro atoms. The van der Waals surface area contributed by atoms with Gasteiger partial charge in [-0.1, -0.05) is 29.8 Å².